The fraction of sp³-hybridized carbons (Fsp3) is 0.265. The molecule has 42 heavy (non-hydrogen) atoms. The SMILES string of the molecule is Cc1cc(OCCCC2=C(C(=O)NCc3cccc(C(=O)O)c3)Cc3c2cccc3-c2c(C)n[nH]c2C)cc(C)c1Cl. The summed E-state index contributed by atoms with van der Waals surface area (Å²) in [5.41, 5.74) is 10.8. The molecule has 3 aromatic carbocycles. The molecule has 0 bridgehead atoms. The minimum atomic E-state index is -0.997. The molecule has 0 fully saturated rings. The van der Waals surface area contributed by atoms with Crippen LogP contribution in [0.5, 0.6) is 5.75 Å². The van der Waals surface area contributed by atoms with Gasteiger partial charge in [-0.2, -0.15) is 5.10 Å². The van der Waals surface area contributed by atoms with E-state index in [-0.39, 0.29) is 18.0 Å². The number of nitrogens with zero attached hydrogens (tertiary/aromatic N) is 1. The van der Waals surface area contributed by atoms with Crippen LogP contribution >= 0.6 is 11.6 Å². The van der Waals surface area contributed by atoms with E-state index >= 15 is 0 Å². The number of rotatable bonds is 10. The molecule has 7 nitrogen and oxygen atoms in total. The fourth-order valence-electron chi connectivity index (χ4n) is 5.72. The lowest BCUT2D eigenvalue weighted by molar-refractivity contribution is -0.117. The largest absolute Gasteiger partial charge is 0.494 e. The van der Waals surface area contributed by atoms with E-state index in [1.807, 2.05) is 52.0 Å². The first-order chi connectivity index (χ1) is 20.1. The maximum Gasteiger partial charge on any atom is 0.335 e. The standard InChI is InChI=1S/C34H34ClN3O4/c1-19-14-25(15-20(2)32(19)35)42-13-7-12-27-26-10-6-11-28(31-21(3)37-38-22(31)4)29(26)17-30(27)33(39)36-18-23-8-5-9-24(16-23)34(40)41/h5-6,8-11,14-16H,7,12-13,17-18H2,1-4H3,(H,36,39)(H,37,38)(H,40,41). The van der Waals surface area contributed by atoms with Crippen LogP contribution in [-0.4, -0.2) is 33.8 Å². The highest BCUT2D eigenvalue weighted by atomic mass is 35.5. The summed E-state index contributed by atoms with van der Waals surface area (Å²) in [7, 11) is 0. The van der Waals surface area contributed by atoms with Crippen molar-refractivity contribution in [2.45, 2.75) is 53.5 Å². The molecule has 0 unspecified atom stereocenters. The molecule has 1 aromatic heterocycles. The molecule has 1 amide bonds. The van der Waals surface area contributed by atoms with Gasteiger partial charge in [-0.15, -0.1) is 0 Å². The van der Waals surface area contributed by atoms with E-state index in [1.165, 1.54) is 6.07 Å². The van der Waals surface area contributed by atoms with Gasteiger partial charge in [-0.3, -0.25) is 9.89 Å². The average Bonchev–Trinajstić information content (AvgIpc) is 3.51. The molecular weight excluding hydrogens is 550 g/mol. The predicted molar refractivity (Wildman–Crippen MR) is 165 cm³/mol. The molecule has 3 N–H and O–H groups in total. The lowest BCUT2D eigenvalue weighted by atomic mass is 9.93. The van der Waals surface area contributed by atoms with Crippen LogP contribution in [0.1, 0.15) is 62.4 Å². The van der Waals surface area contributed by atoms with Gasteiger partial charge in [0.1, 0.15) is 5.75 Å². The highest BCUT2D eigenvalue weighted by Crippen LogP contribution is 2.42. The number of aromatic carboxylic acids is 1. The summed E-state index contributed by atoms with van der Waals surface area (Å²) >= 11 is 6.31. The first-order valence-electron chi connectivity index (χ1n) is 14.0. The number of nitrogens with one attached hydrogen (secondary N) is 2. The first-order valence-corrected chi connectivity index (χ1v) is 14.4. The second-order valence-corrected chi connectivity index (χ2v) is 11.2. The Kier molecular flexibility index (Phi) is 8.50. The summed E-state index contributed by atoms with van der Waals surface area (Å²) in [5, 5.41) is 20.6. The number of halogens is 1. The van der Waals surface area contributed by atoms with E-state index in [2.05, 4.69) is 27.6 Å². The third-order valence-corrected chi connectivity index (χ3v) is 8.36. The minimum absolute atomic E-state index is 0.154. The number of carboxylic acid groups (broad SMARTS) is 1. The lowest BCUT2D eigenvalue weighted by Gasteiger charge is -2.13. The topological polar surface area (TPSA) is 104 Å². The van der Waals surface area contributed by atoms with E-state index in [0.29, 0.717) is 19.4 Å². The van der Waals surface area contributed by atoms with Gasteiger partial charge < -0.3 is 15.2 Å². The number of carbonyl (C=O) groups excluding carboxylic acids is 1. The maximum absolute atomic E-state index is 13.7. The number of ether oxygens (including phenoxy) is 1. The van der Waals surface area contributed by atoms with Crippen LogP contribution < -0.4 is 10.1 Å². The zero-order valence-corrected chi connectivity index (χ0v) is 25.0. The number of hydrogen-bond acceptors (Lipinski definition) is 4. The number of aromatic amines is 1. The van der Waals surface area contributed by atoms with E-state index in [9.17, 15) is 14.7 Å². The van der Waals surface area contributed by atoms with Gasteiger partial charge in [0, 0.05) is 34.8 Å². The Balaban J connectivity index is 1.39. The van der Waals surface area contributed by atoms with Gasteiger partial charge in [-0.25, -0.2) is 4.79 Å². The smallest absolute Gasteiger partial charge is 0.335 e. The van der Waals surface area contributed by atoms with Crippen LogP contribution in [0.2, 0.25) is 5.02 Å². The number of amides is 1. The Hall–Kier alpha value is -4.36. The van der Waals surface area contributed by atoms with Crippen molar-refractivity contribution < 1.29 is 19.4 Å². The minimum Gasteiger partial charge on any atom is -0.494 e. The van der Waals surface area contributed by atoms with Crippen molar-refractivity contribution in [3.05, 3.63) is 110 Å². The number of hydrogen-bond donors (Lipinski definition) is 3. The van der Waals surface area contributed by atoms with Crippen molar-refractivity contribution in [3.8, 4) is 16.9 Å². The zero-order chi connectivity index (χ0) is 30.0. The van der Waals surface area contributed by atoms with Gasteiger partial charge in [-0.05, 0) is 104 Å². The summed E-state index contributed by atoms with van der Waals surface area (Å²) in [6.07, 6.45) is 1.89. The van der Waals surface area contributed by atoms with Crippen LogP contribution in [0.3, 0.4) is 0 Å². The van der Waals surface area contributed by atoms with Gasteiger partial charge in [0.2, 0.25) is 5.91 Å². The number of fused-ring (bicyclic) bond motifs is 1. The highest BCUT2D eigenvalue weighted by Gasteiger charge is 2.29. The Bertz CT molecular complexity index is 1680. The van der Waals surface area contributed by atoms with E-state index in [0.717, 1.165) is 78.7 Å². The van der Waals surface area contributed by atoms with E-state index in [4.69, 9.17) is 16.3 Å². The number of allylic oxidation sites excluding steroid dienone is 1. The molecule has 0 saturated heterocycles. The van der Waals surface area contributed by atoms with E-state index in [1.54, 1.807) is 12.1 Å². The van der Waals surface area contributed by atoms with E-state index < -0.39 is 5.97 Å². The van der Waals surface area contributed by atoms with Crippen LogP contribution in [0.4, 0.5) is 0 Å². The van der Waals surface area contributed by atoms with Gasteiger partial charge in [-0.1, -0.05) is 41.9 Å². The Morgan fingerprint density at radius 2 is 1.74 bits per heavy atom. The Morgan fingerprint density at radius 3 is 2.43 bits per heavy atom. The van der Waals surface area contributed by atoms with Gasteiger partial charge in [0.25, 0.3) is 0 Å². The van der Waals surface area contributed by atoms with Crippen molar-refractivity contribution in [2.24, 2.45) is 0 Å². The molecule has 8 heteroatoms. The number of carboxylic acids is 1. The molecule has 0 saturated carbocycles. The van der Waals surface area contributed by atoms with Gasteiger partial charge >= 0.3 is 5.97 Å². The average molecular weight is 584 g/mol. The molecule has 0 spiro atoms. The van der Waals surface area contributed by atoms with Crippen molar-refractivity contribution in [3.63, 3.8) is 0 Å². The third kappa shape index (κ3) is 5.97. The molecule has 0 radical (unpaired) electrons. The number of carbonyl (C=O) groups is 2. The lowest BCUT2D eigenvalue weighted by Crippen LogP contribution is -2.25. The van der Waals surface area contributed by atoms with Crippen LogP contribution in [0, 0.1) is 27.7 Å². The fourth-order valence-corrected chi connectivity index (χ4v) is 5.83. The number of aryl methyl sites for hydroxylation is 4. The first kappa shape index (κ1) is 29.1. The highest BCUT2D eigenvalue weighted by molar-refractivity contribution is 6.32. The molecule has 0 aliphatic heterocycles. The molecule has 0 atom stereocenters. The molecular formula is C34H34ClN3O4. The Morgan fingerprint density at radius 1 is 1.02 bits per heavy atom. The number of benzene rings is 3. The predicted octanol–water partition coefficient (Wildman–Crippen LogP) is 7.15. The van der Waals surface area contributed by atoms with Crippen molar-refractivity contribution in [1.29, 1.82) is 0 Å². The Labute approximate surface area is 250 Å². The van der Waals surface area contributed by atoms with Crippen molar-refractivity contribution in [2.75, 3.05) is 6.61 Å². The quantitative estimate of drug-likeness (QED) is 0.172. The normalized spacial score (nSPS) is 12.4. The van der Waals surface area contributed by atoms with Gasteiger partial charge in [0.15, 0.2) is 0 Å². The second-order valence-electron chi connectivity index (χ2n) is 10.8. The summed E-state index contributed by atoms with van der Waals surface area (Å²) in [6.45, 7) is 8.65. The third-order valence-electron chi connectivity index (χ3n) is 7.77. The van der Waals surface area contributed by atoms with Crippen molar-refractivity contribution in [1.82, 2.24) is 15.5 Å². The molecule has 1 aliphatic carbocycles. The number of H-pyrrole nitrogens is 1. The summed E-state index contributed by atoms with van der Waals surface area (Å²) in [6, 6.07) is 16.7. The van der Waals surface area contributed by atoms with Gasteiger partial charge in [0.05, 0.1) is 17.9 Å². The maximum atomic E-state index is 13.7. The molecule has 4 aromatic rings. The zero-order valence-electron chi connectivity index (χ0n) is 24.2. The summed E-state index contributed by atoms with van der Waals surface area (Å²) in [4.78, 5) is 25.1. The molecule has 5 rings (SSSR count). The monoisotopic (exact) mass is 583 g/mol. The molecule has 1 heterocycles. The summed E-state index contributed by atoms with van der Waals surface area (Å²) < 4.78 is 6.07. The number of aromatic nitrogens is 2. The second kappa shape index (κ2) is 12.2. The van der Waals surface area contributed by atoms with Crippen LogP contribution in [0.25, 0.3) is 16.7 Å². The van der Waals surface area contributed by atoms with Crippen molar-refractivity contribution >= 4 is 29.1 Å². The van der Waals surface area contributed by atoms with Crippen LogP contribution in [-0.2, 0) is 17.8 Å². The molecule has 216 valence electrons. The summed E-state index contributed by atoms with van der Waals surface area (Å²) in [5.74, 6) is -0.369. The molecule has 1 aliphatic rings. The van der Waals surface area contributed by atoms with Crippen LogP contribution in [0.15, 0.2) is 60.2 Å².